The summed E-state index contributed by atoms with van der Waals surface area (Å²) < 4.78 is 33.0. The van der Waals surface area contributed by atoms with Gasteiger partial charge >= 0.3 is 5.69 Å². The number of nitrogens with zero attached hydrogens (tertiary/aromatic N) is 6. The predicted molar refractivity (Wildman–Crippen MR) is 170 cm³/mol. The van der Waals surface area contributed by atoms with Gasteiger partial charge in [-0.25, -0.2) is 23.1 Å². The first kappa shape index (κ1) is 30.4. The molecule has 1 saturated heterocycles. The van der Waals surface area contributed by atoms with Crippen molar-refractivity contribution in [3.8, 4) is 16.9 Å². The van der Waals surface area contributed by atoms with E-state index in [2.05, 4.69) is 26.8 Å². The minimum Gasteiger partial charge on any atom is -0.350 e. The Morgan fingerprint density at radius 3 is 2.69 bits per heavy atom. The standard InChI is InChI=1S/C32H31F2N7O3S/c1-5-25(43)39-12-13-40(18(4)16-39)30-19-15-21(34)28-26-20(33)7-6-8-22(26)36-24(42)10-14-45-23-9-11-35-27(17(2)3)29(23)41(31(19)37-28)32(44)38-30/h5-9,11,15,17-18H,1,10,12-14,16H2,2-4H3,(H,36,42)/t18-/m0/s1. The maximum Gasteiger partial charge on any atom is 0.355 e. The van der Waals surface area contributed by atoms with Crippen LogP contribution in [0.5, 0.6) is 0 Å². The number of halogens is 2. The van der Waals surface area contributed by atoms with Gasteiger partial charge < -0.3 is 15.1 Å². The maximum absolute atomic E-state index is 16.2. The summed E-state index contributed by atoms with van der Waals surface area (Å²) in [5, 5.41) is 2.95. The number of anilines is 2. The fourth-order valence-corrected chi connectivity index (χ4v) is 6.85. The highest BCUT2D eigenvalue weighted by Crippen LogP contribution is 2.38. The van der Waals surface area contributed by atoms with E-state index < -0.39 is 17.3 Å². The third-order valence-electron chi connectivity index (χ3n) is 7.98. The first-order chi connectivity index (χ1) is 21.6. The first-order valence-electron chi connectivity index (χ1n) is 14.6. The Hall–Kier alpha value is -4.65. The second kappa shape index (κ2) is 12.0. The number of carbonyl (C=O) groups is 2. The second-order valence-corrected chi connectivity index (χ2v) is 12.4. The van der Waals surface area contributed by atoms with Crippen LogP contribution >= 0.6 is 11.8 Å². The van der Waals surface area contributed by atoms with Crippen molar-refractivity contribution in [1.82, 2.24) is 24.4 Å². The second-order valence-electron chi connectivity index (χ2n) is 11.3. The molecule has 0 spiro atoms. The van der Waals surface area contributed by atoms with Gasteiger partial charge in [0, 0.05) is 48.9 Å². The zero-order valence-corrected chi connectivity index (χ0v) is 25.8. The molecule has 3 aromatic heterocycles. The van der Waals surface area contributed by atoms with Crippen LogP contribution in [-0.4, -0.2) is 67.7 Å². The first-order valence-corrected chi connectivity index (χ1v) is 15.6. The highest BCUT2D eigenvalue weighted by atomic mass is 32.2. The van der Waals surface area contributed by atoms with Gasteiger partial charge in [0.25, 0.3) is 0 Å². The van der Waals surface area contributed by atoms with Crippen molar-refractivity contribution in [2.45, 2.75) is 44.0 Å². The van der Waals surface area contributed by atoms with E-state index in [9.17, 15) is 14.4 Å². The lowest BCUT2D eigenvalue weighted by Crippen LogP contribution is -2.54. The number of rotatable bonds is 3. The summed E-state index contributed by atoms with van der Waals surface area (Å²) in [6.45, 7) is 10.3. The number of pyridine rings is 2. The molecular formula is C32H31F2N7O3S. The van der Waals surface area contributed by atoms with Gasteiger partial charge in [0.15, 0.2) is 11.5 Å². The molecule has 1 fully saturated rings. The Morgan fingerprint density at radius 2 is 1.96 bits per heavy atom. The average Bonchev–Trinajstić information content (AvgIpc) is 3.01. The van der Waals surface area contributed by atoms with E-state index in [1.165, 1.54) is 40.6 Å². The summed E-state index contributed by atoms with van der Waals surface area (Å²) in [6.07, 6.45) is 2.97. The number of carbonyl (C=O) groups excluding carboxylic acids is 2. The Kier molecular flexibility index (Phi) is 8.12. The summed E-state index contributed by atoms with van der Waals surface area (Å²) in [6, 6.07) is 6.76. The van der Waals surface area contributed by atoms with Crippen LogP contribution in [-0.2, 0) is 9.59 Å². The number of hydrogen-bond acceptors (Lipinski definition) is 8. The van der Waals surface area contributed by atoms with Gasteiger partial charge in [0.05, 0.1) is 28.0 Å². The molecule has 4 aromatic rings. The Bertz CT molecular complexity index is 1930. The van der Waals surface area contributed by atoms with Gasteiger partial charge in [0.1, 0.15) is 17.3 Å². The summed E-state index contributed by atoms with van der Waals surface area (Å²) in [7, 11) is 0. The van der Waals surface area contributed by atoms with E-state index >= 15 is 8.78 Å². The monoisotopic (exact) mass is 631 g/mol. The van der Waals surface area contributed by atoms with E-state index in [0.717, 1.165) is 6.07 Å². The van der Waals surface area contributed by atoms with Crippen molar-refractivity contribution >= 4 is 46.1 Å². The number of fused-ring (bicyclic) bond motifs is 5. The summed E-state index contributed by atoms with van der Waals surface area (Å²) in [5.41, 5.74) is -0.115. The lowest BCUT2D eigenvalue weighted by molar-refractivity contribution is -0.126. The van der Waals surface area contributed by atoms with Crippen molar-refractivity contribution in [2.75, 3.05) is 35.6 Å². The van der Waals surface area contributed by atoms with E-state index in [4.69, 9.17) is 0 Å². The number of hydrogen-bond donors (Lipinski definition) is 1. The average molecular weight is 632 g/mol. The van der Waals surface area contributed by atoms with Crippen molar-refractivity contribution in [3.63, 3.8) is 0 Å². The molecule has 0 aliphatic carbocycles. The molecule has 1 atom stereocenters. The molecule has 0 radical (unpaired) electrons. The Morgan fingerprint density at radius 1 is 1.16 bits per heavy atom. The van der Waals surface area contributed by atoms with Crippen LogP contribution in [0.1, 0.15) is 38.8 Å². The lowest BCUT2D eigenvalue weighted by atomic mass is 10.1. The number of piperazine rings is 1. The molecule has 2 amide bonds. The van der Waals surface area contributed by atoms with Gasteiger partial charge in [0.2, 0.25) is 11.8 Å². The van der Waals surface area contributed by atoms with Crippen molar-refractivity contribution in [3.05, 3.63) is 77.0 Å². The number of nitrogens with one attached hydrogen (secondary N) is 1. The van der Waals surface area contributed by atoms with Crippen LogP contribution in [0.2, 0.25) is 0 Å². The SMILES string of the molecule is C=CC(=O)N1CCN(c2nc(=O)n3c4nc(c(F)cc24)-c2c(F)cccc2NC(=O)CCSc2ccnc(C(C)C)c2-3)[C@@H](C)C1. The Balaban J connectivity index is 1.69. The quantitative estimate of drug-likeness (QED) is 0.318. The molecule has 6 rings (SSSR count). The molecule has 13 heteroatoms. The number of benzene rings is 1. The fraction of sp³-hybridized carbons (Fsp3) is 0.312. The molecule has 2 aliphatic heterocycles. The largest absolute Gasteiger partial charge is 0.355 e. The normalized spacial score (nSPS) is 16.8. The summed E-state index contributed by atoms with van der Waals surface area (Å²) in [4.78, 5) is 57.3. The highest BCUT2D eigenvalue weighted by Gasteiger charge is 2.31. The van der Waals surface area contributed by atoms with Crippen LogP contribution in [0.4, 0.5) is 20.3 Å². The molecular weight excluding hydrogens is 600 g/mol. The minimum absolute atomic E-state index is 0.0646. The van der Waals surface area contributed by atoms with Gasteiger partial charge in [-0.3, -0.25) is 14.6 Å². The number of thioether (sulfide) groups is 1. The predicted octanol–water partition coefficient (Wildman–Crippen LogP) is 4.90. The van der Waals surface area contributed by atoms with E-state index in [1.54, 1.807) is 17.2 Å². The third kappa shape index (κ3) is 5.45. The van der Waals surface area contributed by atoms with Gasteiger partial charge in [-0.1, -0.05) is 26.5 Å². The Labute approximate surface area is 262 Å². The fourth-order valence-electron chi connectivity index (χ4n) is 5.85. The molecule has 232 valence electrons. The summed E-state index contributed by atoms with van der Waals surface area (Å²) in [5.74, 6) is -1.81. The van der Waals surface area contributed by atoms with Crippen LogP contribution in [0.15, 0.2) is 58.9 Å². The number of amides is 2. The van der Waals surface area contributed by atoms with Crippen molar-refractivity contribution in [1.29, 1.82) is 0 Å². The highest BCUT2D eigenvalue weighted by molar-refractivity contribution is 7.99. The smallest absolute Gasteiger partial charge is 0.350 e. The molecule has 1 N–H and O–H groups in total. The molecule has 0 unspecified atom stereocenters. The van der Waals surface area contributed by atoms with E-state index in [-0.39, 0.29) is 64.0 Å². The van der Waals surface area contributed by atoms with E-state index in [1.807, 2.05) is 25.7 Å². The van der Waals surface area contributed by atoms with Crippen molar-refractivity contribution < 1.29 is 18.4 Å². The van der Waals surface area contributed by atoms with Crippen LogP contribution < -0.4 is 15.9 Å². The zero-order valence-electron chi connectivity index (χ0n) is 25.0. The minimum atomic E-state index is -0.857. The lowest BCUT2D eigenvalue weighted by Gasteiger charge is -2.40. The molecule has 10 nitrogen and oxygen atoms in total. The molecule has 5 heterocycles. The summed E-state index contributed by atoms with van der Waals surface area (Å²) >= 11 is 1.37. The van der Waals surface area contributed by atoms with Crippen molar-refractivity contribution in [2.24, 2.45) is 0 Å². The zero-order chi connectivity index (χ0) is 32.0. The molecule has 1 aromatic carbocycles. The third-order valence-corrected chi connectivity index (χ3v) is 9.03. The van der Waals surface area contributed by atoms with Crippen LogP contribution in [0.3, 0.4) is 0 Å². The van der Waals surface area contributed by atoms with E-state index in [0.29, 0.717) is 41.7 Å². The number of aromatic nitrogens is 4. The van der Waals surface area contributed by atoms with Gasteiger partial charge in [-0.2, -0.15) is 4.98 Å². The molecule has 2 aliphatic rings. The van der Waals surface area contributed by atoms with Crippen LogP contribution in [0.25, 0.3) is 28.0 Å². The van der Waals surface area contributed by atoms with Crippen LogP contribution in [0, 0.1) is 11.6 Å². The molecule has 2 bridgehead atoms. The van der Waals surface area contributed by atoms with Gasteiger partial charge in [-0.15, -0.1) is 11.8 Å². The maximum atomic E-state index is 16.2. The topological polar surface area (TPSA) is 113 Å². The molecule has 45 heavy (non-hydrogen) atoms. The van der Waals surface area contributed by atoms with Gasteiger partial charge in [-0.05, 0) is 43.2 Å². The molecule has 0 saturated carbocycles.